The molecule has 0 heterocycles. The molecule has 2 aromatic rings. The normalized spacial score (nSPS) is 10.2. The highest BCUT2D eigenvalue weighted by Crippen LogP contribution is 2.24. The van der Waals surface area contributed by atoms with Crippen LogP contribution < -0.4 is 5.11 Å². The number of carbonyl (C=O) groups is 2. The predicted octanol–water partition coefficient (Wildman–Crippen LogP) is 2.06. The highest BCUT2D eigenvalue weighted by molar-refractivity contribution is 5.94. The van der Waals surface area contributed by atoms with Crippen molar-refractivity contribution in [1.29, 1.82) is 0 Å². The summed E-state index contributed by atoms with van der Waals surface area (Å²) in [6.07, 6.45) is 0. The number of carbonyl (C=O) groups excluding carboxylic acids is 2. The molecule has 4 heteroatoms. The molecular formula is C15H10FO3-. The fraction of sp³-hybridized carbons (Fsp3) is 0.0667. The van der Waals surface area contributed by atoms with Crippen molar-refractivity contribution in [1.82, 2.24) is 0 Å². The van der Waals surface area contributed by atoms with Crippen LogP contribution >= 0.6 is 0 Å². The molecule has 19 heavy (non-hydrogen) atoms. The number of hydrogen-bond acceptors (Lipinski definition) is 3. The van der Waals surface area contributed by atoms with Crippen molar-refractivity contribution in [3.63, 3.8) is 0 Å². The molecule has 0 radical (unpaired) electrons. The molecular weight excluding hydrogens is 247 g/mol. The first-order valence-electron chi connectivity index (χ1n) is 5.61. The number of carboxylic acid groups (broad SMARTS) is 1. The van der Waals surface area contributed by atoms with Gasteiger partial charge >= 0.3 is 0 Å². The molecule has 96 valence electrons. The van der Waals surface area contributed by atoms with E-state index in [-0.39, 0.29) is 16.9 Å². The van der Waals surface area contributed by atoms with Crippen LogP contribution in [0.25, 0.3) is 11.1 Å². The van der Waals surface area contributed by atoms with E-state index in [0.717, 1.165) is 12.1 Å². The summed E-state index contributed by atoms with van der Waals surface area (Å²) in [5, 5.41) is 10.8. The van der Waals surface area contributed by atoms with Gasteiger partial charge in [0, 0.05) is 11.1 Å². The molecule has 0 saturated heterocycles. The lowest BCUT2D eigenvalue weighted by Gasteiger charge is -2.08. The standard InChI is InChI=1S/C15H11FO3/c1-9(17)10-2-4-11(5-3-10)13-8-12(15(18)19)6-7-14(13)16/h2-8H,1H3,(H,18,19)/p-1. The third kappa shape index (κ3) is 2.68. The highest BCUT2D eigenvalue weighted by Gasteiger charge is 2.08. The van der Waals surface area contributed by atoms with E-state index in [1.807, 2.05) is 0 Å². The molecule has 0 aromatic heterocycles. The van der Waals surface area contributed by atoms with Gasteiger partial charge in [0.2, 0.25) is 0 Å². The van der Waals surface area contributed by atoms with Crippen LogP contribution in [0.15, 0.2) is 42.5 Å². The Hall–Kier alpha value is -2.49. The summed E-state index contributed by atoms with van der Waals surface area (Å²) in [4.78, 5) is 21.9. The number of halogens is 1. The topological polar surface area (TPSA) is 57.2 Å². The summed E-state index contributed by atoms with van der Waals surface area (Å²) in [6, 6.07) is 9.75. The number of hydrogen-bond donors (Lipinski definition) is 0. The van der Waals surface area contributed by atoms with Crippen molar-refractivity contribution in [2.24, 2.45) is 0 Å². The van der Waals surface area contributed by atoms with Crippen LogP contribution in [0.4, 0.5) is 4.39 Å². The largest absolute Gasteiger partial charge is 0.545 e. The van der Waals surface area contributed by atoms with Gasteiger partial charge in [-0.2, -0.15) is 0 Å². The molecule has 0 unspecified atom stereocenters. The smallest absolute Gasteiger partial charge is 0.159 e. The average molecular weight is 257 g/mol. The lowest BCUT2D eigenvalue weighted by atomic mass is 10.0. The first-order chi connectivity index (χ1) is 8.99. The predicted molar refractivity (Wildman–Crippen MR) is 66.2 cm³/mol. The van der Waals surface area contributed by atoms with Gasteiger partial charge in [-0.3, -0.25) is 4.79 Å². The van der Waals surface area contributed by atoms with Gasteiger partial charge in [-0.15, -0.1) is 0 Å². The lowest BCUT2D eigenvalue weighted by Crippen LogP contribution is -2.22. The van der Waals surface area contributed by atoms with Gasteiger partial charge in [0.05, 0.1) is 5.97 Å². The molecule has 0 amide bonds. The molecule has 0 aliphatic carbocycles. The van der Waals surface area contributed by atoms with Crippen molar-refractivity contribution in [2.75, 3.05) is 0 Å². The number of carboxylic acids is 1. The van der Waals surface area contributed by atoms with Crippen molar-refractivity contribution in [3.8, 4) is 11.1 Å². The zero-order valence-corrected chi connectivity index (χ0v) is 10.1. The summed E-state index contributed by atoms with van der Waals surface area (Å²) >= 11 is 0. The minimum absolute atomic E-state index is 0.0875. The van der Waals surface area contributed by atoms with E-state index in [1.165, 1.54) is 13.0 Å². The van der Waals surface area contributed by atoms with E-state index in [2.05, 4.69) is 0 Å². The Morgan fingerprint density at radius 3 is 2.11 bits per heavy atom. The van der Waals surface area contributed by atoms with E-state index < -0.39 is 11.8 Å². The second-order valence-corrected chi connectivity index (χ2v) is 4.12. The summed E-state index contributed by atoms with van der Waals surface area (Å²) in [7, 11) is 0. The first-order valence-corrected chi connectivity index (χ1v) is 5.61. The van der Waals surface area contributed by atoms with Crippen LogP contribution in [0, 0.1) is 5.82 Å². The van der Waals surface area contributed by atoms with E-state index in [9.17, 15) is 19.1 Å². The maximum Gasteiger partial charge on any atom is 0.159 e. The number of rotatable bonds is 3. The molecule has 2 aromatic carbocycles. The molecule has 0 bridgehead atoms. The van der Waals surface area contributed by atoms with Crippen LogP contribution in [-0.4, -0.2) is 11.8 Å². The number of Topliss-reactive ketones (excluding diaryl/α,β-unsaturated/α-hetero) is 1. The summed E-state index contributed by atoms with van der Waals surface area (Å²) < 4.78 is 13.7. The van der Waals surface area contributed by atoms with Gasteiger partial charge in [0.25, 0.3) is 0 Å². The maximum atomic E-state index is 13.7. The monoisotopic (exact) mass is 257 g/mol. The minimum atomic E-state index is -1.36. The molecule has 0 saturated carbocycles. The summed E-state index contributed by atoms with van der Waals surface area (Å²) in [6.45, 7) is 1.44. The van der Waals surface area contributed by atoms with Crippen LogP contribution in [0.3, 0.4) is 0 Å². The van der Waals surface area contributed by atoms with E-state index in [0.29, 0.717) is 11.1 Å². The van der Waals surface area contributed by atoms with Crippen LogP contribution in [0.2, 0.25) is 0 Å². The number of aromatic carboxylic acids is 1. The molecule has 3 nitrogen and oxygen atoms in total. The Balaban J connectivity index is 2.48. The molecule has 0 fully saturated rings. The van der Waals surface area contributed by atoms with Crippen LogP contribution in [0.1, 0.15) is 27.6 Å². The van der Waals surface area contributed by atoms with Gasteiger partial charge in [-0.05, 0) is 30.2 Å². The van der Waals surface area contributed by atoms with E-state index in [4.69, 9.17) is 0 Å². The summed E-state index contributed by atoms with van der Waals surface area (Å²) in [5.41, 5.74) is 1.09. The van der Waals surface area contributed by atoms with Gasteiger partial charge < -0.3 is 9.90 Å². The molecule has 0 aliphatic rings. The molecule has 2 rings (SSSR count). The van der Waals surface area contributed by atoms with Crippen LogP contribution in [-0.2, 0) is 0 Å². The Morgan fingerprint density at radius 2 is 1.58 bits per heavy atom. The number of ketones is 1. The minimum Gasteiger partial charge on any atom is -0.545 e. The first kappa shape index (κ1) is 13.0. The van der Waals surface area contributed by atoms with Gasteiger partial charge in [-0.25, -0.2) is 4.39 Å². The van der Waals surface area contributed by atoms with Crippen molar-refractivity contribution >= 4 is 11.8 Å². The molecule has 0 N–H and O–H groups in total. The van der Waals surface area contributed by atoms with Gasteiger partial charge in [0.15, 0.2) is 5.78 Å². The highest BCUT2D eigenvalue weighted by atomic mass is 19.1. The average Bonchev–Trinajstić information content (AvgIpc) is 2.39. The Kier molecular flexibility index (Phi) is 3.42. The van der Waals surface area contributed by atoms with Gasteiger partial charge in [-0.1, -0.05) is 30.3 Å². The zero-order chi connectivity index (χ0) is 14.0. The van der Waals surface area contributed by atoms with Crippen LogP contribution in [0.5, 0.6) is 0 Å². The third-order valence-corrected chi connectivity index (χ3v) is 2.80. The SMILES string of the molecule is CC(=O)c1ccc(-c2cc(C(=O)[O-])ccc2F)cc1. The Labute approximate surface area is 109 Å². The van der Waals surface area contributed by atoms with E-state index >= 15 is 0 Å². The van der Waals surface area contributed by atoms with Crippen molar-refractivity contribution in [3.05, 3.63) is 59.4 Å². The Morgan fingerprint density at radius 1 is 1.00 bits per heavy atom. The summed E-state index contributed by atoms with van der Waals surface area (Å²) in [5.74, 6) is -1.97. The lowest BCUT2D eigenvalue weighted by molar-refractivity contribution is -0.255. The second kappa shape index (κ2) is 5.02. The van der Waals surface area contributed by atoms with Gasteiger partial charge in [0.1, 0.15) is 5.82 Å². The number of benzene rings is 2. The van der Waals surface area contributed by atoms with Crippen molar-refractivity contribution in [2.45, 2.75) is 6.92 Å². The molecule has 0 spiro atoms. The maximum absolute atomic E-state index is 13.7. The molecule has 0 atom stereocenters. The second-order valence-electron chi connectivity index (χ2n) is 4.12. The Bertz CT molecular complexity index is 645. The van der Waals surface area contributed by atoms with E-state index in [1.54, 1.807) is 24.3 Å². The van der Waals surface area contributed by atoms with Crippen molar-refractivity contribution < 1.29 is 19.1 Å². The quantitative estimate of drug-likeness (QED) is 0.791. The third-order valence-electron chi connectivity index (χ3n) is 2.80. The zero-order valence-electron chi connectivity index (χ0n) is 10.1. The molecule has 0 aliphatic heterocycles. The fourth-order valence-electron chi connectivity index (χ4n) is 1.76. The fourth-order valence-corrected chi connectivity index (χ4v) is 1.76.